The van der Waals surface area contributed by atoms with Gasteiger partial charge in [0.25, 0.3) is 0 Å². The maximum Gasteiger partial charge on any atom is 0.327 e. The molecule has 4 rings (SSSR count). The van der Waals surface area contributed by atoms with Crippen molar-refractivity contribution in [3.63, 3.8) is 0 Å². The summed E-state index contributed by atoms with van der Waals surface area (Å²) in [6.45, 7) is 3.98. The number of thioether (sulfide) groups is 1. The minimum absolute atomic E-state index is 0. The molecule has 33 heavy (non-hydrogen) atoms. The van der Waals surface area contributed by atoms with Gasteiger partial charge in [0.05, 0.1) is 0 Å². The molecule has 1 radical (unpaired) electrons. The number of nitrogens with one attached hydrogen (secondary N) is 3. The van der Waals surface area contributed by atoms with Crippen LogP contribution in [0.25, 0.3) is 0 Å². The molecule has 13 heteroatoms. The van der Waals surface area contributed by atoms with Crippen LogP contribution >= 0.6 is 11.8 Å². The van der Waals surface area contributed by atoms with Crippen LogP contribution in [0.2, 0.25) is 0 Å². The smallest absolute Gasteiger partial charge is 0.327 e. The largest absolute Gasteiger partial charge is 0.480 e. The van der Waals surface area contributed by atoms with Gasteiger partial charge >= 0.3 is 18.0 Å². The van der Waals surface area contributed by atoms with Gasteiger partial charge in [-0.1, -0.05) is 30.3 Å². The van der Waals surface area contributed by atoms with Crippen molar-refractivity contribution >= 4 is 71.2 Å². The first-order chi connectivity index (χ1) is 15.1. The van der Waals surface area contributed by atoms with Crippen molar-refractivity contribution < 1.29 is 29.1 Å². The molecule has 3 heterocycles. The van der Waals surface area contributed by atoms with Gasteiger partial charge in [-0.15, -0.1) is 11.8 Å². The van der Waals surface area contributed by atoms with E-state index in [0.717, 1.165) is 4.90 Å². The van der Waals surface area contributed by atoms with Gasteiger partial charge in [0, 0.05) is 47.4 Å². The number of β-lactam (4-membered cyclic amide) rings is 1. The number of amides is 6. The Labute approximate surface area is 216 Å². The maximum atomic E-state index is 13.1. The summed E-state index contributed by atoms with van der Waals surface area (Å²) in [5.41, 5.74) is 0.476. The number of carboxylic acid groups (broad SMARTS) is 1. The number of benzene rings is 1. The number of carbonyl (C=O) groups is 5. The second-order valence-electron chi connectivity index (χ2n) is 8.26. The Morgan fingerprint density at radius 2 is 1.88 bits per heavy atom. The SMILES string of the molecule is CC1(C)SC2C(NC(=O)C(NC(=O)N3CCNC3=O)c3ccccc3)C(=O)N2C1C(=O)O.[Na]. The van der Waals surface area contributed by atoms with Gasteiger partial charge in [-0.3, -0.25) is 9.59 Å². The first kappa shape index (κ1) is 25.3. The van der Waals surface area contributed by atoms with Crippen molar-refractivity contribution in [2.75, 3.05) is 13.1 Å². The van der Waals surface area contributed by atoms with Crippen LogP contribution in [0.5, 0.6) is 0 Å². The number of carbonyl (C=O) groups excluding carboxylic acids is 4. The number of carboxylic acids is 1. The third-order valence-electron chi connectivity index (χ3n) is 5.74. The van der Waals surface area contributed by atoms with Gasteiger partial charge in [-0.2, -0.15) is 0 Å². The van der Waals surface area contributed by atoms with E-state index < -0.39 is 58.1 Å². The Bertz CT molecular complexity index is 992. The molecule has 0 aliphatic carbocycles. The van der Waals surface area contributed by atoms with Gasteiger partial charge in [-0.25, -0.2) is 19.3 Å². The number of nitrogens with zero attached hydrogens (tertiary/aromatic N) is 2. The number of aliphatic carboxylic acids is 1. The summed E-state index contributed by atoms with van der Waals surface area (Å²) < 4.78 is -0.720. The normalized spacial score (nSPS) is 25.8. The van der Waals surface area contributed by atoms with Crippen LogP contribution in [0, 0.1) is 0 Å². The molecule has 3 fully saturated rings. The summed E-state index contributed by atoms with van der Waals surface area (Å²) in [7, 11) is 0. The van der Waals surface area contributed by atoms with E-state index in [4.69, 9.17) is 0 Å². The molecule has 0 aromatic heterocycles. The first-order valence-corrected chi connectivity index (χ1v) is 10.9. The molecule has 171 valence electrons. The van der Waals surface area contributed by atoms with Crippen LogP contribution < -0.4 is 16.0 Å². The Morgan fingerprint density at radius 1 is 1.21 bits per heavy atom. The molecular weight excluding hydrogens is 461 g/mol. The minimum Gasteiger partial charge on any atom is -0.480 e. The average Bonchev–Trinajstić information content (AvgIpc) is 3.29. The summed E-state index contributed by atoms with van der Waals surface area (Å²) in [5.74, 6) is -2.20. The third kappa shape index (κ3) is 4.57. The van der Waals surface area contributed by atoms with Gasteiger partial charge < -0.3 is 26.0 Å². The van der Waals surface area contributed by atoms with Crippen molar-refractivity contribution in [1.82, 2.24) is 25.8 Å². The molecule has 0 bridgehead atoms. The molecule has 0 saturated carbocycles. The van der Waals surface area contributed by atoms with E-state index in [1.807, 2.05) is 0 Å². The molecule has 4 N–H and O–H groups in total. The van der Waals surface area contributed by atoms with E-state index in [0.29, 0.717) is 12.1 Å². The fourth-order valence-electron chi connectivity index (χ4n) is 4.19. The fourth-order valence-corrected chi connectivity index (χ4v) is 5.82. The average molecular weight is 484 g/mol. The number of urea groups is 2. The zero-order chi connectivity index (χ0) is 23.2. The van der Waals surface area contributed by atoms with Crippen molar-refractivity contribution in [3.05, 3.63) is 35.9 Å². The third-order valence-corrected chi connectivity index (χ3v) is 7.31. The molecule has 3 aliphatic rings. The van der Waals surface area contributed by atoms with E-state index in [2.05, 4.69) is 16.0 Å². The van der Waals surface area contributed by atoms with Crippen LogP contribution in [0.15, 0.2) is 30.3 Å². The summed E-state index contributed by atoms with van der Waals surface area (Å²) in [4.78, 5) is 64.2. The fraction of sp³-hybridized carbons (Fsp3) is 0.450. The number of fused-ring (bicyclic) bond motifs is 1. The Morgan fingerprint density at radius 3 is 2.45 bits per heavy atom. The Balaban J connectivity index is 0.00000306. The van der Waals surface area contributed by atoms with Crippen LogP contribution in [-0.4, -0.2) is 110 Å². The zero-order valence-electron chi connectivity index (χ0n) is 18.4. The molecule has 0 spiro atoms. The predicted molar refractivity (Wildman–Crippen MR) is 119 cm³/mol. The second kappa shape index (κ2) is 9.53. The van der Waals surface area contributed by atoms with Crippen LogP contribution in [-0.2, 0) is 14.4 Å². The van der Waals surface area contributed by atoms with Crippen molar-refractivity contribution in [2.45, 2.75) is 42.1 Å². The molecule has 3 aliphatic heterocycles. The van der Waals surface area contributed by atoms with Crippen LogP contribution in [0.4, 0.5) is 9.59 Å². The molecule has 1 aromatic carbocycles. The van der Waals surface area contributed by atoms with Crippen molar-refractivity contribution in [1.29, 1.82) is 0 Å². The molecule has 4 unspecified atom stereocenters. The van der Waals surface area contributed by atoms with E-state index in [1.54, 1.807) is 44.2 Å². The van der Waals surface area contributed by atoms with Crippen LogP contribution in [0.3, 0.4) is 0 Å². The minimum atomic E-state index is -1.14. The Kier molecular flexibility index (Phi) is 7.32. The van der Waals surface area contributed by atoms with Gasteiger partial charge in [-0.05, 0) is 19.4 Å². The standard InChI is InChI=1S/C20H23N5O6S.Na/c1-20(2)13(17(28)29)25-15(27)12(16(25)32-20)22-14(26)11(10-6-4-3-5-7-10)23-19(31)24-9-8-21-18(24)30;/h3-7,11-13,16H,8-9H2,1-2H3,(H,21,30)(H,22,26)(H,23,31)(H,28,29);. The predicted octanol–water partition coefficient (Wildman–Crippen LogP) is -0.287. The number of imide groups is 1. The zero-order valence-corrected chi connectivity index (χ0v) is 21.2. The van der Waals surface area contributed by atoms with Gasteiger partial charge in [0.1, 0.15) is 23.5 Å². The van der Waals surface area contributed by atoms with Gasteiger partial charge in [0.15, 0.2) is 0 Å². The molecule has 3 saturated heterocycles. The summed E-state index contributed by atoms with van der Waals surface area (Å²) >= 11 is 1.31. The summed E-state index contributed by atoms with van der Waals surface area (Å²) in [5, 5.41) is 16.8. The summed E-state index contributed by atoms with van der Waals surface area (Å²) in [6, 6.07) is 4.14. The quantitative estimate of drug-likeness (QED) is 0.332. The van der Waals surface area contributed by atoms with Crippen LogP contribution in [0.1, 0.15) is 25.5 Å². The Hall–Kier alpha value is -2.28. The van der Waals surface area contributed by atoms with Crippen molar-refractivity contribution in [3.8, 4) is 0 Å². The summed E-state index contributed by atoms with van der Waals surface area (Å²) in [6.07, 6.45) is 0. The number of hydrogen-bond acceptors (Lipinski definition) is 6. The van der Waals surface area contributed by atoms with E-state index in [1.165, 1.54) is 16.7 Å². The molecular formula is C20H23N5NaO6S. The number of hydrogen-bond donors (Lipinski definition) is 4. The molecule has 11 nitrogen and oxygen atoms in total. The second-order valence-corrected chi connectivity index (χ2v) is 10.0. The molecule has 1 aromatic rings. The van der Waals surface area contributed by atoms with E-state index in [9.17, 15) is 29.1 Å². The monoisotopic (exact) mass is 484 g/mol. The topological polar surface area (TPSA) is 148 Å². The first-order valence-electron chi connectivity index (χ1n) is 10.1. The van der Waals surface area contributed by atoms with E-state index >= 15 is 0 Å². The number of rotatable bonds is 5. The van der Waals surface area contributed by atoms with Crippen molar-refractivity contribution in [2.24, 2.45) is 0 Å². The molecule has 6 amide bonds. The van der Waals surface area contributed by atoms with Gasteiger partial charge in [0.2, 0.25) is 11.8 Å². The molecule has 4 atom stereocenters. The van der Waals surface area contributed by atoms with E-state index in [-0.39, 0.29) is 36.1 Å². The maximum absolute atomic E-state index is 13.1.